The normalized spacial score (nSPS) is 12.9. The number of hydrogen-bond acceptors (Lipinski definition) is 2. The monoisotopic (exact) mass is 1170 g/mol. The molecule has 0 saturated heterocycles. The molecule has 0 unspecified atom stereocenters. The van der Waals surface area contributed by atoms with E-state index in [1.165, 1.54) is 170 Å². The lowest BCUT2D eigenvalue weighted by molar-refractivity contribution is 0.589. The lowest BCUT2D eigenvalue weighted by atomic mass is 9.34. The van der Waals surface area contributed by atoms with Crippen molar-refractivity contribution < 1.29 is 0 Å². The Labute approximate surface area is 531 Å². The van der Waals surface area contributed by atoms with E-state index in [1.807, 2.05) is 11.8 Å². The first-order valence-electron chi connectivity index (χ1n) is 31.7. The number of para-hydroxylation sites is 2. The molecular formula is C86H65BN2S. The van der Waals surface area contributed by atoms with Crippen LogP contribution in [-0.4, -0.2) is 11.3 Å². The van der Waals surface area contributed by atoms with Gasteiger partial charge in [-0.25, -0.2) is 0 Å². The van der Waals surface area contributed by atoms with E-state index in [2.05, 4.69) is 336 Å². The van der Waals surface area contributed by atoms with Crippen molar-refractivity contribution in [2.75, 3.05) is 4.90 Å². The number of nitrogens with zero attached hydrogens (tertiary/aromatic N) is 2. The lowest BCUT2D eigenvalue weighted by Gasteiger charge is -2.43. The molecule has 2 aliphatic heterocycles. The van der Waals surface area contributed by atoms with Gasteiger partial charge in [-0.15, -0.1) is 0 Å². The highest BCUT2D eigenvalue weighted by Crippen LogP contribution is 2.53. The topological polar surface area (TPSA) is 8.17 Å². The number of hydrogen-bond donors (Lipinski definition) is 0. The lowest BCUT2D eigenvalue weighted by Crippen LogP contribution is -2.60. The average Bonchev–Trinajstić information content (AvgIpc) is 0.790. The van der Waals surface area contributed by atoms with Crippen LogP contribution in [0, 0.1) is 0 Å². The first-order valence-corrected chi connectivity index (χ1v) is 32.5. The zero-order valence-corrected chi connectivity index (χ0v) is 52.3. The van der Waals surface area contributed by atoms with Gasteiger partial charge >= 0.3 is 0 Å². The van der Waals surface area contributed by atoms with E-state index in [9.17, 15) is 0 Å². The number of fused-ring (bicyclic) bond motifs is 10. The van der Waals surface area contributed by atoms with Crippen molar-refractivity contribution in [1.82, 2.24) is 4.57 Å². The smallest absolute Gasteiger partial charge is 0.249 e. The zero-order valence-electron chi connectivity index (χ0n) is 51.5. The van der Waals surface area contributed by atoms with Crippen molar-refractivity contribution in [2.24, 2.45) is 0 Å². The second kappa shape index (κ2) is 20.7. The van der Waals surface area contributed by atoms with E-state index >= 15 is 0 Å². The molecule has 0 amide bonds. The molecule has 90 heavy (non-hydrogen) atoms. The molecule has 0 N–H and O–H groups in total. The number of aromatic nitrogens is 1. The molecule has 2 nitrogen and oxygen atoms in total. The van der Waals surface area contributed by atoms with Crippen LogP contribution in [-0.2, 0) is 10.8 Å². The van der Waals surface area contributed by atoms with Gasteiger partial charge in [-0.05, 0) is 164 Å². The van der Waals surface area contributed by atoms with Gasteiger partial charge in [0.05, 0.1) is 16.7 Å². The SMILES string of the molecule is CC(C)(C)c1cc(-c2ccccc2)c(N2c3cc(-c4c5ccccc5c(-c5ccc(-c6cccc7ccccc67)cc5)c5ccccc45)ccc3B3c4ccc(-n5c6ccccc6c6ccccc65)cc4Sc4cc(C(C)(C)C)cc2c43)c(-c2ccccc2)c1. The fraction of sp³-hybridized carbons (Fsp3) is 0.0930. The summed E-state index contributed by atoms with van der Waals surface area (Å²) in [5.74, 6) is 0. The first-order chi connectivity index (χ1) is 43.9. The number of benzene rings is 14. The molecule has 0 saturated carbocycles. The van der Waals surface area contributed by atoms with Gasteiger partial charge in [-0.1, -0.05) is 289 Å². The summed E-state index contributed by atoms with van der Waals surface area (Å²) in [5.41, 5.74) is 25.6. The molecule has 2 aliphatic rings. The Morgan fingerprint density at radius 1 is 0.322 bits per heavy atom. The fourth-order valence-electron chi connectivity index (χ4n) is 14.9. The summed E-state index contributed by atoms with van der Waals surface area (Å²) < 4.78 is 2.47. The highest BCUT2D eigenvalue weighted by atomic mass is 32.2. The third kappa shape index (κ3) is 8.63. The second-order valence-electron chi connectivity index (χ2n) is 26.7. The molecule has 0 bridgehead atoms. The molecule has 15 aromatic rings. The molecule has 0 atom stereocenters. The van der Waals surface area contributed by atoms with Crippen LogP contribution in [0.15, 0.2) is 295 Å². The van der Waals surface area contributed by atoms with E-state index in [1.54, 1.807) is 0 Å². The molecule has 17 rings (SSSR count). The van der Waals surface area contributed by atoms with Crippen LogP contribution in [0.5, 0.6) is 0 Å². The van der Waals surface area contributed by atoms with Crippen LogP contribution in [0.2, 0.25) is 0 Å². The third-order valence-corrected chi connectivity index (χ3v) is 20.5. The highest BCUT2D eigenvalue weighted by Gasteiger charge is 2.43. The molecule has 0 fully saturated rings. The Hall–Kier alpha value is -10.1. The molecule has 0 aliphatic carbocycles. The van der Waals surface area contributed by atoms with Gasteiger partial charge in [0.15, 0.2) is 0 Å². The zero-order chi connectivity index (χ0) is 60.6. The summed E-state index contributed by atoms with van der Waals surface area (Å²) in [6.07, 6.45) is 0. The Kier molecular flexibility index (Phi) is 12.5. The molecule has 0 spiro atoms. The maximum absolute atomic E-state index is 2.72. The molecular weight excluding hydrogens is 1100 g/mol. The summed E-state index contributed by atoms with van der Waals surface area (Å²) in [5, 5.41) is 9.97. The minimum absolute atomic E-state index is 0.0605. The van der Waals surface area contributed by atoms with Gasteiger partial charge in [0.2, 0.25) is 6.71 Å². The molecule has 428 valence electrons. The largest absolute Gasteiger partial charge is 0.310 e. The van der Waals surface area contributed by atoms with E-state index in [0.29, 0.717) is 0 Å². The van der Waals surface area contributed by atoms with Crippen molar-refractivity contribution >= 4 is 106 Å². The van der Waals surface area contributed by atoms with Crippen molar-refractivity contribution in [3.8, 4) is 61.3 Å². The Bertz CT molecular complexity index is 5240. The molecule has 1 aromatic heterocycles. The van der Waals surface area contributed by atoms with E-state index in [4.69, 9.17) is 0 Å². The van der Waals surface area contributed by atoms with E-state index in [0.717, 1.165) is 0 Å². The standard InChI is InChI=1S/C86H65BN2S/c1-85(2,3)60-49-71(55-24-9-7-10-25-55)84(72(50-60)56-26-11-8-12-27-56)89-77-48-59(82-69-35-17-15-33-67(69)81(68-34-16-18-36-70(68)82)58-42-40-57(41-43-58)64-37-23-29-54-28-13-14-30-63(54)64)44-46-73(77)87-74-47-45-62(88-75-38-21-19-31-65(75)66-32-20-22-39-76(66)88)53-79(74)90-80-52-61(86(4,5)6)51-78(89)83(80)87/h7-53H,1-6H3. The summed E-state index contributed by atoms with van der Waals surface area (Å²) in [6.45, 7) is 14.1. The molecule has 0 radical (unpaired) electrons. The summed E-state index contributed by atoms with van der Waals surface area (Å²) >= 11 is 1.94. The fourth-order valence-corrected chi connectivity index (χ4v) is 16.2. The van der Waals surface area contributed by atoms with Gasteiger partial charge in [0, 0.05) is 48.8 Å². The quantitative estimate of drug-likeness (QED) is 0.116. The van der Waals surface area contributed by atoms with Gasteiger partial charge in [0.25, 0.3) is 0 Å². The summed E-state index contributed by atoms with van der Waals surface area (Å²) in [7, 11) is 0. The predicted molar refractivity (Wildman–Crippen MR) is 388 cm³/mol. The predicted octanol–water partition coefficient (Wildman–Crippen LogP) is 21.9. The van der Waals surface area contributed by atoms with Crippen molar-refractivity contribution in [1.29, 1.82) is 0 Å². The van der Waals surface area contributed by atoms with Gasteiger partial charge in [0.1, 0.15) is 0 Å². The maximum atomic E-state index is 2.72. The second-order valence-corrected chi connectivity index (χ2v) is 27.8. The van der Waals surface area contributed by atoms with Gasteiger partial charge in [-0.3, -0.25) is 0 Å². The maximum Gasteiger partial charge on any atom is 0.249 e. The minimum Gasteiger partial charge on any atom is -0.310 e. The van der Waals surface area contributed by atoms with Gasteiger partial charge in [-0.2, -0.15) is 0 Å². The Morgan fingerprint density at radius 3 is 1.38 bits per heavy atom. The molecule has 3 heterocycles. The number of rotatable bonds is 7. The van der Waals surface area contributed by atoms with E-state index < -0.39 is 0 Å². The van der Waals surface area contributed by atoms with Crippen LogP contribution >= 0.6 is 11.8 Å². The molecule has 14 aromatic carbocycles. The first kappa shape index (κ1) is 54.1. The van der Waals surface area contributed by atoms with Crippen LogP contribution in [0.4, 0.5) is 17.1 Å². The van der Waals surface area contributed by atoms with Crippen LogP contribution in [0.1, 0.15) is 52.7 Å². The summed E-state index contributed by atoms with van der Waals surface area (Å²) in [4.78, 5) is 5.31. The van der Waals surface area contributed by atoms with E-state index in [-0.39, 0.29) is 17.5 Å². The average molecular weight is 1170 g/mol. The van der Waals surface area contributed by atoms with Crippen molar-refractivity contribution in [2.45, 2.75) is 62.2 Å². The minimum atomic E-state index is -0.170. The summed E-state index contributed by atoms with van der Waals surface area (Å²) in [6, 6.07) is 108. The highest BCUT2D eigenvalue weighted by molar-refractivity contribution is 8.00. The van der Waals surface area contributed by atoms with Crippen LogP contribution in [0.3, 0.4) is 0 Å². The van der Waals surface area contributed by atoms with Crippen LogP contribution < -0.4 is 21.3 Å². The van der Waals surface area contributed by atoms with Gasteiger partial charge < -0.3 is 9.47 Å². The number of anilines is 3. The Balaban J connectivity index is 0.945. The third-order valence-electron chi connectivity index (χ3n) is 19.3. The molecule has 4 heteroatoms. The Morgan fingerprint density at radius 2 is 0.789 bits per heavy atom. The van der Waals surface area contributed by atoms with Crippen LogP contribution in [0.25, 0.3) is 115 Å². The van der Waals surface area contributed by atoms with Crippen molar-refractivity contribution in [3.63, 3.8) is 0 Å². The van der Waals surface area contributed by atoms with Crippen molar-refractivity contribution in [3.05, 3.63) is 296 Å².